The van der Waals surface area contributed by atoms with Crippen LogP contribution in [0.3, 0.4) is 0 Å². The Labute approximate surface area is 165 Å². The van der Waals surface area contributed by atoms with E-state index >= 15 is 0 Å². The topological polar surface area (TPSA) is 63.7 Å². The van der Waals surface area contributed by atoms with Gasteiger partial charge in [0.15, 0.2) is 0 Å². The van der Waals surface area contributed by atoms with Gasteiger partial charge in [0.05, 0.1) is 6.26 Å². The van der Waals surface area contributed by atoms with Gasteiger partial charge in [0, 0.05) is 19.0 Å². The molecule has 6 heteroatoms. The Kier molecular flexibility index (Phi) is 10.4. The molecule has 0 saturated carbocycles. The second kappa shape index (κ2) is 12.0. The summed E-state index contributed by atoms with van der Waals surface area (Å²) in [5.41, 5.74) is 0.859. The van der Waals surface area contributed by atoms with Crippen molar-refractivity contribution < 1.29 is 17.4 Å². The standard InChI is InChI=1S/C21H35NO4S/c1-5-6-7-8-9-10-11-15-21(23)22(18(2)3)17-19-13-12-14-20(16-19)26-27(4,24)25/h12-14,16,18H,5-11,15,17H2,1-4H3. The van der Waals surface area contributed by atoms with Crippen molar-refractivity contribution in [1.29, 1.82) is 0 Å². The third-order valence-electron chi connectivity index (χ3n) is 4.44. The molecule has 0 bridgehead atoms. The Bertz CT molecular complexity index is 671. The summed E-state index contributed by atoms with van der Waals surface area (Å²) in [7, 11) is -3.56. The van der Waals surface area contributed by atoms with Crippen molar-refractivity contribution in [3.63, 3.8) is 0 Å². The number of benzene rings is 1. The van der Waals surface area contributed by atoms with Gasteiger partial charge in [-0.15, -0.1) is 0 Å². The molecule has 0 fully saturated rings. The fourth-order valence-corrected chi connectivity index (χ4v) is 3.46. The third kappa shape index (κ3) is 10.4. The van der Waals surface area contributed by atoms with Gasteiger partial charge in [0.25, 0.3) is 0 Å². The number of nitrogens with zero attached hydrogens (tertiary/aromatic N) is 1. The maximum atomic E-state index is 12.6. The summed E-state index contributed by atoms with van der Waals surface area (Å²) in [6, 6.07) is 6.99. The van der Waals surface area contributed by atoms with Crippen LogP contribution in [0.25, 0.3) is 0 Å². The van der Waals surface area contributed by atoms with E-state index in [1.165, 1.54) is 32.1 Å². The fourth-order valence-electron chi connectivity index (χ4n) is 3.00. The van der Waals surface area contributed by atoms with Gasteiger partial charge in [0.2, 0.25) is 5.91 Å². The number of amides is 1. The van der Waals surface area contributed by atoms with E-state index in [1.54, 1.807) is 18.2 Å². The van der Waals surface area contributed by atoms with Gasteiger partial charge in [0.1, 0.15) is 5.75 Å². The van der Waals surface area contributed by atoms with Crippen LogP contribution in [0.2, 0.25) is 0 Å². The highest BCUT2D eigenvalue weighted by atomic mass is 32.2. The zero-order valence-corrected chi connectivity index (χ0v) is 18.1. The molecule has 0 spiro atoms. The molecule has 0 aromatic heterocycles. The summed E-state index contributed by atoms with van der Waals surface area (Å²) in [5, 5.41) is 0. The number of hydrogen-bond acceptors (Lipinski definition) is 4. The average Bonchev–Trinajstić information content (AvgIpc) is 2.57. The second-order valence-electron chi connectivity index (χ2n) is 7.42. The summed E-state index contributed by atoms with van der Waals surface area (Å²) in [5.74, 6) is 0.422. The number of carbonyl (C=O) groups is 1. The quantitative estimate of drug-likeness (QED) is 0.351. The lowest BCUT2D eigenvalue weighted by Gasteiger charge is -2.27. The third-order valence-corrected chi connectivity index (χ3v) is 4.93. The summed E-state index contributed by atoms with van der Waals surface area (Å²) < 4.78 is 27.5. The van der Waals surface area contributed by atoms with Crippen LogP contribution >= 0.6 is 0 Å². The van der Waals surface area contributed by atoms with E-state index in [1.807, 2.05) is 24.8 Å². The van der Waals surface area contributed by atoms with Crippen molar-refractivity contribution in [3.8, 4) is 5.75 Å². The van der Waals surface area contributed by atoms with Crippen LogP contribution in [-0.2, 0) is 21.5 Å². The highest BCUT2D eigenvalue weighted by Gasteiger charge is 2.17. The molecule has 1 aromatic carbocycles. The van der Waals surface area contributed by atoms with Crippen LogP contribution in [0.15, 0.2) is 24.3 Å². The predicted molar refractivity (Wildman–Crippen MR) is 110 cm³/mol. The molecule has 0 heterocycles. The molecule has 0 N–H and O–H groups in total. The molecule has 0 radical (unpaired) electrons. The lowest BCUT2D eigenvalue weighted by Crippen LogP contribution is -2.36. The van der Waals surface area contributed by atoms with Gasteiger partial charge >= 0.3 is 10.1 Å². The Morgan fingerprint density at radius 3 is 2.30 bits per heavy atom. The van der Waals surface area contributed by atoms with Gasteiger partial charge in [-0.1, -0.05) is 57.6 Å². The van der Waals surface area contributed by atoms with Crippen molar-refractivity contribution in [3.05, 3.63) is 29.8 Å². The van der Waals surface area contributed by atoms with E-state index in [-0.39, 0.29) is 17.7 Å². The molecule has 1 aromatic rings. The van der Waals surface area contributed by atoms with Crippen molar-refractivity contribution >= 4 is 16.0 Å². The van der Waals surface area contributed by atoms with E-state index in [0.29, 0.717) is 13.0 Å². The minimum Gasteiger partial charge on any atom is -0.383 e. The van der Waals surface area contributed by atoms with Gasteiger partial charge < -0.3 is 9.08 Å². The number of hydrogen-bond donors (Lipinski definition) is 0. The maximum absolute atomic E-state index is 12.6. The highest BCUT2D eigenvalue weighted by Crippen LogP contribution is 2.19. The first-order valence-electron chi connectivity index (χ1n) is 10.0. The smallest absolute Gasteiger partial charge is 0.306 e. The summed E-state index contributed by atoms with van der Waals surface area (Å²) in [4.78, 5) is 14.5. The van der Waals surface area contributed by atoms with Gasteiger partial charge in [-0.2, -0.15) is 8.42 Å². The minimum atomic E-state index is -3.56. The lowest BCUT2D eigenvalue weighted by atomic mass is 10.1. The van der Waals surface area contributed by atoms with E-state index in [4.69, 9.17) is 4.18 Å². The largest absolute Gasteiger partial charge is 0.383 e. The number of unbranched alkanes of at least 4 members (excludes halogenated alkanes) is 6. The van der Waals surface area contributed by atoms with Crippen LogP contribution in [0.1, 0.15) is 77.7 Å². The normalized spacial score (nSPS) is 11.6. The predicted octanol–water partition coefficient (Wildman–Crippen LogP) is 4.90. The lowest BCUT2D eigenvalue weighted by molar-refractivity contribution is -0.133. The van der Waals surface area contributed by atoms with E-state index in [0.717, 1.165) is 24.7 Å². The maximum Gasteiger partial charge on any atom is 0.306 e. The second-order valence-corrected chi connectivity index (χ2v) is 9.00. The van der Waals surface area contributed by atoms with Crippen molar-refractivity contribution in [2.24, 2.45) is 0 Å². The summed E-state index contributed by atoms with van der Waals surface area (Å²) in [6.07, 6.45) is 9.87. The Morgan fingerprint density at radius 1 is 1.07 bits per heavy atom. The van der Waals surface area contributed by atoms with Gasteiger partial charge in [-0.3, -0.25) is 4.79 Å². The molecule has 1 rings (SSSR count). The molecular weight excluding hydrogens is 362 g/mol. The summed E-state index contributed by atoms with van der Waals surface area (Å²) in [6.45, 7) is 6.66. The molecule has 154 valence electrons. The van der Waals surface area contributed by atoms with Crippen molar-refractivity contribution in [2.45, 2.75) is 84.7 Å². The molecule has 0 aliphatic rings. The Morgan fingerprint density at radius 2 is 1.70 bits per heavy atom. The van der Waals surface area contributed by atoms with E-state index in [9.17, 15) is 13.2 Å². The monoisotopic (exact) mass is 397 g/mol. The van der Waals surface area contributed by atoms with Gasteiger partial charge in [-0.25, -0.2) is 0 Å². The molecule has 0 atom stereocenters. The Balaban J connectivity index is 2.55. The molecular formula is C21H35NO4S. The first-order chi connectivity index (χ1) is 12.7. The SMILES string of the molecule is CCCCCCCCCC(=O)N(Cc1cccc(OS(C)(=O)=O)c1)C(C)C. The highest BCUT2D eigenvalue weighted by molar-refractivity contribution is 7.86. The van der Waals surface area contributed by atoms with Crippen molar-refractivity contribution in [2.75, 3.05) is 6.26 Å². The van der Waals surface area contributed by atoms with Crippen LogP contribution in [-0.4, -0.2) is 31.5 Å². The number of carbonyl (C=O) groups excluding carboxylic acids is 1. The van der Waals surface area contributed by atoms with Crippen molar-refractivity contribution in [1.82, 2.24) is 4.90 Å². The number of rotatable bonds is 13. The van der Waals surface area contributed by atoms with Crippen LogP contribution in [0.4, 0.5) is 0 Å². The molecule has 1 amide bonds. The molecule has 0 aliphatic carbocycles. The van der Waals surface area contributed by atoms with E-state index in [2.05, 4.69) is 6.92 Å². The fraction of sp³-hybridized carbons (Fsp3) is 0.667. The molecule has 27 heavy (non-hydrogen) atoms. The molecule has 5 nitrogen and oxygen atoms in total. The van der Waals surface area contributed by atoms with Crippen LogP contribution in [0.5, 0.6) is 5.75 Å². The molecule has 0 saturated heterocycles. The minimum absolute atomic E-state index is 0.0848. The summed E-state index contributed by atoms with van der Waals surface area (Å²) >= 11 is 0. The van der Waals surface area contributed by atoms with Crippen LogP contribution < -0.4 is 4.18 Å². The Hall–Kier alpha value is -1.56. The van der Waals surface area contributed by atoms with Gasteiger partial charge in [-0.05, 0) is 38.0 Å². The van der Waals surface area contributed by atoms with Crippen LogP contribution in [0, 0.1) is 0 Å². The molecule has 0 unspecified atom stereocenters. The first kappa shape index (κ1) is 23.5. The zero-order chi connectivity index (χ0) is 20.3. The zero-order valence-electron chi connectivity index (χ0n) is 17.2. The average molecular weight is 398 g/mol. The molecule has 0 aliphatic heterocycles. The first-order valence-corrected chi connectivity index (χ1v) is 11.8. The van der Waals surface area contributed by atoms with E-state index < -0.39 is 10.1 Å².